The number of carbonyl (C=O) groups excluding carboxylic acids is 1. The monoisotopic (exact) mass is 268 g/mol. The predicted octanol–water partition coefficient (Wildman–Crippen LogP) is 3.71. The van der Waals surface area contributed by atoms with Gasteiger partial charge in [-0.1, -0.05) is 0 Å². The Bertz CT molecular complexity index is 797. The third-order valence-electron chi connectivity index (χ3n) is 3.15. The molecule has 0 unspecified atom stereocenters. The van der Waals surface area contributed by atoms with Crippen LogP contribution < -0.4 is 0 Å². The lowest BCUT2D eigenvalue weighted by molar-refractivity contribution is 0.101. The Morgan fingerprint density at radius 3 is 2.30 bits per heavy atom. The van der Waals surface area contributed by atoms with E-state index >= 15 is 0 Å². The number of benzene rings is 2. The molecule has 3 rings (SSSR count). The van der Waals surface area contributed by atoms with Crippen LogP contribution in [0.2, 0.25) is 0 Å². The smallest absolute Gasteiger partial charge is 0.164 e. The van der Waals surface area contributed by atoms with Crippen molar-refractivity contribution in [2.24, 2.45) is 0 Å². The topological polar surface area (TPSA) is 70.7 Å². The first kappa shape index (κ1) is 12.3. The Balaban J connectivity index is 2.32. The quantitative estimate of drug-likeness (QED) is 0.695. The summed E-state index contributed by atoms with van der Waals surface area (Å²) in [5.41, 5.74) is 1.67. The minimum Gasteiger partial charge on any atom is -0.508 e. The van der Waals surface area contributed by atoms with Crippen molar-refractivity contribution >= 4 is 16.8 Å². The van der Waals surface area contributed by atoms with Gasteiger partial charge in [-0.2, -0.15) is 0 Å². The first-order chi connectivity index (χ1) is 9.56. The lowest BCUT2D eigenvalue weighted by Gasteiger charge is -2.00. The summed E-state index contributed by atoms with van der Waals surface area (Å²) in [5, 5.41) is 19.5. The Morgan fingerprint density at radius 2 is 1.65 bits per heavy atom. The lowest BCUT2D eigenvalue weighted by atomic mass is 10.0. The predicted molar refractivity (Wildman–Crippen MR) is 75.0 cm³/mol. The fraction of sp³-hybridized carbons (Fsp3) is 0.0625. The molecule has 3 aromatic rings. The average molecular weight is 268 g/mol. The molecule has 0 saturated heterocycles. The molecule has 20 heavy (non-hydrogen) atoms. The van der Waals surface area contributed by atoms with Gasteiger partial charge in [0.25, 0.3) is 0 Å². The summed E-state index contributed by atoms with van der Waals surface area (Å²) in [6.45, 7) is 1.46. The molecule has 1 aromatic heterocycles. The molecule has 0 spiro atoms. The van der Waals surface area contributed by atoms with Crippen molar-refractivity contribution in [2.75, 3.05) is 0 Å². The average Bonchev–Trinajstić information content (AvgIpc) is 2.78. The second kappa shape index (κ2) is 4.42. The van der Waals surface area contributed by atoms with Gasteiger partial charge in [-0.05, 0) is 49.4 Å². The van der Waals surface area contributed by atoms with Crippen molar-refractivity contribution in [1.82, 2.24) is 0 Å². The van der Waals surface area contributed by atoms with E-state index in [-0.39, 0.29) is 17.3 Å². The fourth-order valence-corrected chi connectivity index (χ4v) is 2.25. The number of aromatic hydroxyl groups is 2. The second-order valence-corrected chi connectivity index (χ2v) is 4.59. The Morgan fingerprint density at radius 1 is 1.00 bits per heavy atom. The summed E-state index contributed by atoms with van der Waals surface area (Å²) in [5.74, 6) is 0.528. The summed E-state index contributed by atoms with van der Waals surface area (Å²) in [6.07, 6.45) is 0. The van der Waals surface area contributed by atoms with E-state index in [1.54, 1.807) is 18.2 Å². The standard InChI is InChI=1S/C16H12O4/c1-9(17)15-13-8-12(19)6-7-14(13)20-16(15)10-2-4-11(18)5-3-10/h2-8,18-19H,1H3. The minimum absolute atomic E-state index is 0.0815. The van der Waals surface area contributed by atoms with Crippen molar-refractivity contribution in [2.45, 2.75) is 6.92 Å². The highest BCUT2D eigenvalue weighted by molar-refractivity contribution is 6.11. The van der Waals surface area contributed by atoms with Gasteiger partial charge in [0.15, 0.2) is 5.78 Å². The van der Waals surface area contributed by atoms with Crippen molar-refractivity contribution in [1.29, 1.82) is 0 Å². The van der Waals surface area contributed by atoms with E-state index in [1.807, 2.05) is 0 Å². The summed E-state index contributed by atoms with van der Waals surface area (Å²) in [4.78, 5) is 11.9. The van der Waals surface area contributed by atoms with Crippen molar-refractivity contribution in [3.05, 3.63) is 48.0 Å². The molecular formula is C16H12O4. The molecule has 1 heterocycles. The van der Waals surface area contributed by atoms with Crippen LogP contribution in [0.3, 0.4) is 0 Å². The van der Waals surface area contributed by atoms with Crippen LogP contribution in [-0.4, -0.2) is 16.0 Å². The maximum absolute atomic E-state index is 11.9. The van der Waals surface area contributed by atoms with Crippen LogP contribution in [0.1, 0.15) is 17.3 Å². The molecule has 2 N–H and O–H groups in total. The number of carbonyl (C=O) groups is 1. The maximum atomic E-state index is 11.9. The highest BCUT2D eigenvalue weighted by atomic mass is 16.3. The van der Waals surface area contributed by atoms with Gasteiger partial charge in [0.05, 0.1) is 5.56 Å². The minimum atomic E-state index is -0.141. The zero-order valence-corrected chi connectivity index (χ0v) is 10.8. The van der Waals surface area contributed by atoms with Crippen LogP contribution in [0.15, 0.2) is 46.9 Å². The highest BCUT2D eigenvalue weighted by Crippen LogP contribution is 2.36. The van der Waals surface area contributed by atoms with Gasteiger partial charge in [0.2, 0.25) is 0 Å². The first-order valence-corrected chi connectivity index (χ1v) is 6.12. The van der Waals surface area contributed by atoms with E-state index in [0.29, 0.717) is 27.9 Å². The largest absolute Gasteiger partial charge is 0.508 e. The molecule has 0 bridgehead atoms. The van der Waals surface area contributed by atoms with E-state index < -0.39 is 0 Å². The molecule has 0 fully saturated rings. The number of rotatable bonds is 2. The van der Waals surface area contributed by atoms with E-state index in [9.17, 15) is 15.0 Å². The van der Waals surface area contributed by atoms with E-state index in [1.165, 1.54) is 31.2 Å². The second-order valence-electron chi connectivity index (χ2n) is 4.59. The molecule has 2 aromatic carbocycles. The number of furan rings is 1. The van der Waals surface area contributed by atoms with Gasteiger partial charge < -0.3 is 14.6 Å². The van der Waals surface area contributed by atoms with Crippen LogP contribution in [0.4, 0.5) is 0 Å². The van der Waals surface area contributed by atoms with Crippen LogP contribution in [0.5, 0.6) is 11.5 Å². The normalized spacial score (nSPS) is 10.8. The number of Topliss-reactive ketones (excluding diaryl/α,β-unsaturated/α-hetero) is 1. The molecule has 4 heteroatoms. The number of phenols is 2. The molecule has 0 aliphatic carbocycles. The number of hydrogen-bond acceptors (Lipinski definition) is 4. The Hall–Kier alpha value is -2.75. The van der Waals surface area contributed by atoms with Crippen LogP contribution in [-0.2, 0) is 0 Å². The molecule has 0 amide bonds. The van der Waals surface area contributed by atoms with Gasteiger partial charge in [-0.3, -0.25) is 4.79 Å². The third-order valence-corrected chi connectivity index (χ3v) is 3.15. The molecule has 0 aliphatic rings. The molecule has 0 saturated carbocycles. The third kappa shape index (κ3) is 1.91. The van der Waals surface area contributed by atoms with Crippen LogP contribution in [0, 0.1) is 0 Å². The number of fused-ring (bicyclic) bond motifs is 1. The van der Waals surface area contributed by atoms with Crippen molar-refractivity contribution in [3.63, 3.8) is 0 Å². The zero-order valence-electron chi connectivity index (χ0n) is 10.8. The maximum Gasteiger partial charge on any atom is 0.164 e. The number of phenolic OH excluding ortho intramolecular Hbond substituents is 2. The van der Waals surface area contributed by atoms with Crippen LogP contribution in [0.25, 0.3) is 22.3 Å². The fourth-order valence-electron chi connectivity index (χ4n) is 2.25. The molecule has 0 radical (unpaired) electrons. The molecule has 100 valence electrons. The first-order valence-electron chi connectivity index (χ1n) is 6.12. The lowest BCUT2D eigenvalue weighted by Crippen LogP contribution is -1.93. The van der Waals surface area contributed by atoms with Gasteiger partial charge in [-0.15, -0.1) is 0 Å². The summed E-state index contributed by atoms with van der Waals surface area (Å²) in [6, 6.07) is 11.1. The van der Waals surface area contributed by atoms with Gasteiger partial charge in [0.1, 0.15) is 22.8 Å². The molecule has 4 nitrogen and oxygen atoms in total. The number of ketones is 1. The van der Waals surface area contributed by atoms with Gasteiger partial charge in [0, 0.05) is 10.9 Å². The molecule has 0 atom stereocenters. The highest BCUT2D eigenvalue weighted by Gasteiger charge is 2.19. The van der Waals surface area contributed by atoms with E-state index in [0.717, 1.165) is 0 Å². The Labute approximate surface area is 114 Å². The van der Waals surface area contributed by atoms with Crippen LogP contribution >= 0.6 is 0 Å². The Kier molecular flexibility index (Phi) is 2.71. The summed E-state index contributed by atoms with van der Waals surface area (Å²) in [7, 11) is 0. The molecular weight excluding hydrogens is 256 g/mol. The summed E-state index contributed by atoms with van der Waals surface area (Å²) < 4.78 is 5.73. The molecule has 0 aliphatic heterocycles. The van der Waals surface area contributed by atoms with E-state index in [4.69, 9.17) is 4.42 Å². The van der Waals surface area contributed by atoms with Crippen molar-refractivity contribution in [3.8, 4) is 22.8 Å². The SMILES string of the molecule is CC(=O)c1c(-c2ccc(O)cc2)oc2ccc(O)cc12. The van der Waals surface area contributed by atoms with Gasteiger partial charge >= 0.3 is 0 Å². The van der Waals surface area contributed by atoms with Gasteiger partial charge in [-0.25, -0.2) is 0 Å². The number of hydrogen-bond donors (Lipinski definition) is 2. The van der Waals surface area contributed by atoms with Crippen molar-refractivity contribution < 1.29 is 19.4 Å². The zero-order chi connectivity index (χ0) is 14.3. The summed E-state index contributed by atoms with van der Waals surface area (Å²) >= 11 is 0. The van der Waals surface area contributed by atoms with E-state index in [2.05, 4.69) is 0 Å².